The zero-order chi connectivity index (χ0) is 21.2. The van der Waals surface area contributed by atoms with Crippen molar-refractivity contribution < 1.29 is 13.2 Å². The van der Waals surface area contributed by atoms with Gasteiger partial charge in [0.25, 0.3) is 15.9 Å². The molecule has 0 aromatic heterocycles. The molecule has 1 aliphatic rings. The minimum atomic E-state index is -3.83. The predicted molar refractivity (Wildman–Crippen MR) is 117 cm³/mol. The summed E-state index contributed by atoms with van der Waals surface area (Å²) in [6, 6.07) is 13.2. The third kappa shape index (κ3) is 4.59. The molecule has 1 saturated carbocycles. The Morgan fingerprint density at radius 2 is 1.72 bits per heavy atom. The van der Waals surface area contributed by atoms with Gasteiger partial charge in [0.15, 0.2) is 0 Å². The molecule has 0 radical (unpaired) electrons. The maximum absolute atomic E-state index is 13.2. The van der Waals surface area contributed by atoms with Crippen LogP contribution >= 0.6 is 11.6 Å². The molecule has 0 atom stereocenters. The molecule has 1 aliphatic carbocycles. The van der Waals surface area contributed by atoms with Gasteiger partial charge in [0, 0.05) is 29.7 Å². The van der Waals surface area contributed by atoms with Crippen LogP contribution in [0.4, 0.5) is 5.69 Å². The Balaban J connectivity index is 1.92. The van der Waals surface area contributed by atoms with E-state index in [1.54, 1.807) is 36.4 Å². The highest BCUT2D eigenvalue weighted by atomic mass is 35.5. The summed E-state index contributed by atoms with van der Waals surface area (Å²) in [5.41, 5.74) is 0.857. The van der Waals surface area contributed by atoms with Crippen molar-refractivity contribution in [2.45, 2.75) is 56.5 Å². The number of hydrogen-bond donors (Lipinski definition) is 0. The van der Waals surface area contributed by atoms with Gasteiger partial charge in [-0.25, -0.2) is 8.42 Å². The molecule has 0 heterocycles. The van der Waals surface area contributed by atoms with Crippen molar-refractivity contribution in [1.82, 2.24) is 4.90 Å². The van der Waals surface area contributed by atoms with Crippen molar-refractivity contribution in [3.8, 4) is 0 Å². The first-order valence-electron chi connectivity index (χ1n) is 9.89. The van der Waals surface area contributed by atoms with E-state index < -0.39 is 10.0 Å². The van der Waals surface area contributed by atoms with Crippen LogP contribution in [0.15, 0.2) is 53.4 Å². The lowest BCUT2D eigenvalue weighted by Crippen LogP contribution is -2.43. The molecule has 29 heavy (non-hydrogen) atoms. The van der Waals surface area contributed by atoms with E-state index in [-0.39, 0.29) is 22.9 Å². The highest BCUT2D eigenvalue weighted by Crippen LogP contribution is 2.28. The summed E-state index contributed by atoms with van der Waals surface area (Å²) < 4.78 is 27.5. The molecule has 0 bridgehead atoms. The van der Waals surface area contributed by atoms with Crippen molar-refractivity contribution in [3.05, 3.63) is 59.1 Å². The second-order valence-corrected chi connectivity index (χ2v) is 10.1. The van der Waals surface area contributed by atoms with Crippen molar-refractivity contribution in [1.29, 1.82) is 0 Å². The van der Waals surface area contributed by atoms with Crippen LogP contribution in [-0.4, -0.2) is 38.4 Å². The fourth-order valence-electron chi connectivity index (χ4n) is 3.91. The number of anilines is 1. The summed E-state index contributed by atoms with van der Waals surface area (Å²) in [5.74, 6) is -0.116. The molecule has 3 rings (SSSR count). The molecule has 2 aromatic carbocycles. The average Bonchev–Trinajstić information content (AvgIpc) is 3.21. The topological polar surface area (TPSA) is 57.7 Å². The number of nitrogens with zero attached hydrogens (tertiary/aromatic N) is 2. The van der Waals surface area contributed by atoms with Gasteiger partial charge in [0.2, 0.25) is 0 Å². The minimum absolute atomic E-state index is 0.0556. The number of carbonyl (C=O) groups excluding carboxylic acids is 1. The highest BCUT2D eigenvalue weighted by Gasteiger charge is 2.30. The zero-order valence-electron chi connectivity index (χ0n) is 17.0. The molecular formula is C22H27ClN2O3S. The van der Waals surface area contributed by atoms with Gasteiger partial charge in [-0.2, -0.15) is 0 Å². The summed E-state index contributed by atoms with van der Waals surface area (Å²) in [6.45, 7) is 4.01. The van der Waals surface area contributed by atoms with Crippen LogP contribution in [0.1, 0.15) is 49.9 Å². The first kappa shape index (κ1) is 21.7. The largest absolute Gasteiger partial charge is 0.333 e. The van der Waals surface area contributed by atoms with E-state index in [1.165, 1.54) is 23.5 Å². The molecule has 1 fully saturated rings. The summed E-state index contributed by atoms with van der Waals surface area (Å²) in [7, 11) is -2.35. The molecule has 1 amide bonds. The lowest BCUT2D eigenvalue weighted by Gasteiger charge is -2.33. The van der Waals surface area contributed by atoms with Gasteiger partial charge < -0.3 is 4.90 Å². The van der Waals surface area contributed by atoms with Crippen molar-refractivity contribution >= 4 is 33.2 Å². The molecule has 5 nitrogen and oxygen atoms in total. The van der Waals surface area contributed by atoms with Gasteiger partial charge in [-0.15, -0.1) is 0 Å². The summed E-state index contributed by atoms with van der Waals surface area (Å²) in [5, 5.41) is 0.456. The maximum atomic E-state index is 13.2. The van der Waals surface area contributed by atoms with Gasteiger partial charge in [0.1, 0.15) is 0 Å². The van der Waals surface area contributed by atoms with Crippen molar-refractivity contribution in [3.63, 3.8) is 0 Å². The molecule has 0 N–H and O–H groups in total. The average molecular weight is 435 g/mol. The lowest BCUT2D eigenvalue weighted by molar-refractivity contribution is 0.0613. The number of carbonyl (C=O) groups is 1. The number of halogens is 1. The van der Waals surface area contributed by atoms with Gasteiger partial charge in [-0.3, -0.25) is 9.10 Å². The second-order valence-electron chi connectivity index (χ2n) is 7.72. The summed E-state index contributed by atoms with van der Waals surface area (Å²) >= 11 is 6.01. The van der Waals surface area contributed by atoms with Crippen LogP contribution in [0.25, 0.3) is 0 Å². The molecule has 2 aromatic rings. The fraction of sp³-hybridized carbons (Fsp3) is 0.409. The van der Waals surface area contributed by atoms with Gasteiger partial charge in [-0.05, 0) is 63.1 Å². The number of amides is 1. The van der Waals surface area contributed by atoms with Crippen LogP contribution in [0.3, 0.4) is 0 Å². The lowest BCUT2D eigenvalue weighted by atomic mass is 10.1. The van der Waals surface area contributed by atoms with E-state index in [0.29, 0.717) is 16.3 Å². The number of rotatable bonds is 6. The van der Waals surface area contributed by atoms with Gasteiger partial charge >= 0.3 is 0 Å². The quantitative estimate of drug-likeness (QED) is 0.645. The van der Waals surface area contributed by atoms with Crippen LogP contribution < -0.4 is 4.31 Å². The third-order valence-corrected chi connectivity index (χ3v) is 7.44. The van der Waals surface area contributed by atoms with Crippen LogP contribution in [0, 0.1) is 0 Å². The van der Waals surface area contributed by atoms with Crippen LogP contribution in [0.5, 0.6) is 0 Å². The Hall–Kier alpha value is -2.05. The Morgan fingerprint density at radius 3 is 2.34 bits per heavy atom. The molecule has 0 spiro atoms. The first-order chi connectivity index (χ1) is 13.7. The maximum Gasteiger partial charge on any atom is 0.264 e. The minimum Gasteiger partial charge on any atom is -0.333 e. The van der Waals surface area contributed by atoms with Crippen molar-refractivity contribution in [2.24, 2.45) is 0 Å². The van der Waals surface area contributed by atoms with Gasteiger partial charge in [-0.1, -0.05) is 36.6 Å². The SMILES string of the molecule is CC(C)N(C(=O)c1cccc(S(=O)(=O)N(C)c2cccc(Cl)c2)c1)C1CCCC1. The molecule has 0 saturated heterocycles. The number of benzene rings is 2. The molecule has 0 unspecified atom stereocenters. The summed E-state index contributed by atoms with van der Waals surface area (Å²) in [4.78, 5) is 15.2. The standard InChI is InChI=1S/C22H27ClN2O3S/c1-16(2)25(19-10-4-5-11-19)22(26)17-8-6-13-21(14-17)29(27,28)24(3)20-12-7-9-18(23)15-20/h6-9,12-16,19H,4-5,10-11H2,1-3H3. The van der Waals surface area contributed by atoms with E-state index in [4.69, 9.17) is 11.6 Å². The van der Waals surface area contributed by atoms with Crippen LogP contribution in [-0.2, 0) is 10.0 Å². The molecule has 0 aliphatic heterocycles. The Labute approximate surface area is 178 Å². The molecular weight excluding hydrogens is 408 g/mol. The van der Waals surface area contributed by atoms with E-state index >= 15 is 0 Å². The number of sulfonamides is 1. The Bertz CT molecular complexity index is 985. The van der Waals surface area contributed by atoms with E-state index in [0.717, 1.165) is 25.7 Å². The molecule has 7 heteroatoms. The van der Waals surface area contributed by atoms with Crippen LogP contribution in [0.2, 0.25) is 5.02 Å². The summed E-state index contributed by atoms with van der Waals surface area (Å²) in [6.07, 6.45) is 4.25. The van der Waals surface area contributed by atoms with E-state index in [2.05, 4.69) is 0 Å². The monoisotopic (exact) mass is 434 g/mol. The first-order valence-corrected chi connectivity index (χ1v) is 11.7. The predicted octanol–water partition coefficient (Wildman–Crippen LogP) is 4.96. The van der Waals surface area contributed by atoms with E-state index in [1.807, 2.05) is 18.7 Å². The van der Waals surface area contributed by atoms with Crippen molar-refractivity contribution in [2.75, 3.05) is 11.4 Å². The zero-order valence-corrected chi connectivity index (χ0v) is 18.6. The third-order valence-electron chi connectivity index (χ3n) is 5.42. The fourth-order valence-corrected chi connectivity index (χ4v) is 5.33. The number of hydrogen-bond acceptors (Lipinski definition) is 3. The Kier molecular flexibility index (Phi) is 6.54. The van der Waals surface area contributed by atoms with Gasteiger partial charge in [0.05, 0.1) is 10.6 Å². The highest BCUT2D eigenvalue weighted by molar-refractivity contribution is 7.92. The molecule has 156 valence electrons. The normalized spacial score (nSPS) is 14.9. The smallest absolute Gasteiger partial charge is 0.264 e. The van der Waals surface area contributed by atoms with E-state index in [9.17, 15) is 13.2 Å². The Morgan fingerprint density at radius 1 is 1.07 bits per heavy atom. The second kappa shape index (κ2) is 8.76.